The van der Waals surface area contributed by atoms with Gasteiger partial charge < -0.3 is 19.9 Å². The molecule has 0 spiro atoms. The lowest BCUT2D eigenvalue weighted by atomic mass is 9.83. The number of urea groups is 1. The van der Waals surface area contributed by atoms with Crippen molar-refractivity contribution < 1.29 is 14.7 Å². The van der Waals surface area contributed by atoms with Crippen molar-refractivity contribution >= 4 is 12.0 Å². The first-order valence-corrected chi connectivity index (χ1v) is 8.99. The molecule has 2 aliphatic rings. The van der Waals surface area contributed by atoms with Crippen LogP contribution in [-0.2, 0) is 11.3 Å². The van der Waals surface area contributed by atoms with E-state index in [0.717, 1.165) is 25.0 Å². The predicted molar refractivity (Wildman–Crippen MR) is 92.6 cm³/mol. The van der Waals surface area contributed by atoms with Crippen LogP contribution in [0.5, 0.6) is 0 Å². The van der Waals surface area contributed by atoms with Gasteiger partial charge in [0.2, 0.25) is 0 Å². The van der Waals surface area contributed by atoms with E-state index in [-0.39, 0.29) is 23.9 Å². The second kappa shape index (κ2) is 7.72. The number of carboxylic acid groups (broad SMARTS) is 1. The topological polar surface area (TPSA) is 91.6 Å². The van der Waals surface area contributed by atoms with Crippen LogP contribution in [0, 0.1) is 5.92 Å². The first-order valence-electron chi connectivity index (χ1n) is 8.99. The third-order valence-corrected chi connectivity index (χ3v) is 5.11. The molecule has 0 aliphatic carbocycles. The van der Waals surface area contributed by atoms with Crippen molar-refractivity contribution in [3.05, 3.63) is 34.2 Å². The standard InChI is InChI=1S/C18H25N3O4/c22-16-6-4-5-15-14-9-13(11-21(15)16)10-20(12-14)18(25)19-8-3-1-2-7-17(23)24/h4-6,13-14H,1-3,7-12H2,(H,19,25)(H,23,24)/t13-,14+/m1/s1. The van der Waals surface area contributed by atoms with E-state index in [1.165, 1.54) is 0 Å². The molecular formula is C18H25N3O4. The average Bonchev–Trinajstić information content (AvgIpc) is 2.58. The van der Waals surface area contributed by atoms with Gasteiger partial charge >= 0.3 is 12.0 Å². The number of aromatic nitrogens is 1. The molecule has 3 heterocycles. The highest BCUT2D eigenvalue weighted by atomic mass is 16.4. The molecule has 0 saturated carbocycles. The molecule has 2 N–H and O–H groups in total. The van der Waals surface area contributed by atoms with E-state index >= 15 is 0 Å². The fourth-order valence-corrected chi connectivity index (χ4v) is 3.95. The van der Waals surface area contributed by atoms with Crippen molar-refractivity contribution in [2.24, 2.45) is 5.92 Å². The largest absolute Gasteiger partial charge is 0.481 e. The quantitative estimate of drug-likeness (QED) is 0.765. The molecule has 0 radical (unpaired) electrons. The summed E-state index contributed by atoms with van der Waals surface area (Å²) in [6.45, 7) is 2.58. The van der Waals surface area contributed by atoms with Crippen LogP contribution in [0.4, 0.5) is 4.79 Å². The lowest BCUT2D eigenvalue weighted by Crippen LogP contribution is -2.52. The first kappa shape index (κ1) is 17.5. The maximum absolute atomic E-state index is 12.4. The molecule has 2 aliphatic heterocycles. The second-order valence-electron chi connectivity index (χ2n) is 7.04. The summed E-state index contributed by atoms with van der Waals surface area (Å²) in [5.41, 5.74) is 1.08. The van der Waals surface area contributed by atoms with E-state index < -0.39 is 5.97 Å². The molecule has 2 bridgehead atoms. The van der Waals surface area contributed by atoms with Gasteiger partial charge in [-0.1, -0.05) is 12.5 Å². The molecule has 136 valence electrons. The zero-order valence-electron chi connectivity index (χ0n) is 14.3. The van der Waals surface area contributed by atoms with E-state index in [9.17, 15) is 14.4 Å². The molecule has 0 unspecified atom stereocenters. The van der Waals surface area contributed by atoms with Crippen molar-refractivity contribution in [1.82, 2.24) is 14.8 Å². The van der Waals surface area contributed by atoms with E-state index in [1.807, 2.05) is 15.5 Å². The van der Waals surface area contributed by atoms with Crippen molar-refractivity contribution in [3.63, 3.8) is 0 Å². The van der Waals surface area contributed by atoms with Crippen LogP contribution in [0.2, 0.25) is 0 Å². The number of nitrogens with one attached hydrogen (secondary N) is 1. The second-order valence-corrected chi connectivity index (χ2v) is 7.04. The number of hydrogen-bond donors (Lipinski definition) is 2. The molecule has 1 fully saturated rings. The Hall–Kier alpha value is -2.31. The lowest BCUT2D eigenvalue weighted by Gasteiger charge is -2.42. The zero-order chi connectivity index (χ0) is 17.8. The summed E-state index contributed by atoms with van der Waals surface area (Å²) in [4.78, 5) is 36.7. The zero-order valence-corrected chi connectivity index (χ0v) is 14.3. The van der Waals surface area contributed by atoms with Crippen molar-refractivity contribution in [3.8, 4) is 0 Å². The number of carboxylic acids is 1. The van der Waals surface area contributed by atoms with Gasteiger partial charge in [0.1, 0.15) is 0 Å². The SMILES string of the molecule is O=C(O)CCCCCNC(=O)N1C[C@H]2C[C@@H](C1)c1cccc(=O)n1C2. The number of unbranched alkanes of at least 4 members (excludes halogenated alkanes) is 2. The maximum atomic E-state index is 12.4. The third kappa shape index (κ3) is 4.21. The Bertz CT molecular complexity index is 700. The maximum Gasteiger partial charge on any atom is 0.317 e. The number of pyridine rings is 1. The van der Waals surface area contributed by atoms with Gasteiger partial charge in [-0.15, -0.1) is 0 Å². The number of hydrogen-bond acceptors (Lipinski definition) is 3. The van der Waals surface area contributed by atoms with Crippen molar-refractivity contribution in [2.45, 2.75) is 44.6 Å². The third-order valence-electron chi connectivity index (χ3n) is 5.11. The minimum atomic E-state index is -0.775. The van der Waals surface area contributed by atoms with Gasteiger partial charge in [0.05, 0.1) is 0 Å². The summed E-state index contributed by atoms with van der Waals surface area (Å²) >= 11 is 0. The van der Waals surface area contributed by atoms with Crippen LogP contribution in [0.1, 0.15) is 43.7 Å². The molecule has 2 amide bonds. The van der Waals surface area contributed by atoms with Crippen LogP contribution in [0.3, 0.4) is 0 Å². The van der Waals surface area contributed by atoms with Crippen LogP contribution in [0.25, 0.3) is 0 Å². The highest BCUT2D eigenvalue weighted by molar-refractivity contribution is 5.74. The number of likely N-dealkylation sites (tertiary alicyclic amines) is 1. The number of carbonyl (C=O) groups is 2. The van der Waals surface area contributed by atoms with Gasteiger partial charge in [-0.05, 0) is 31.2 Å². The van der Waals surface area contributed by atoms with Crippen molar-refractivity contribution in [1.29, 1.82) is 0 Å². The summed E-state index contributed by atoms with van der Waals surface area (Å²) in [6.07, 6.45) is 3.45. The molecule has 2 atom stereocenters. The van der Waals surface area contributed by atoms with Crippen molar-refractivity contribution in [2.75, 3.05) is 19.6 Å². The summed E-state index contributed by atoms with van der Waals surface area (Å²) in [5, 5.41) is 11.5. The smallest absolute Gasteiger partial charge is 0.317 e. The van der Waals surface area contributed by atoms with E-state index in [2.05, 4.69) is 5.32 Å². The number of rotatable bonds is 6. The summed E-state index contributed by atoms with van der Waals surface area (Å²) in [7, 11) is 0. The minimum absolute atomic E-state index is 0.0477. The molecule has 1 saturated heterocycles. The fourth-order valence-electron chi connectivity index (χ4n) is 3.95. The van der Waals surface area contributed by atoms with Gasteiger partial charge in [0, 0.05) is 50.3 Å². The van der Waals surface area contributed by atoms with E-state index in [1.54, 1.807) is 12.1 Å². The summed E-state index contributed by atoms with van der Waals surface area (Å²) in [6, 6.07) is 5.33. The van der Waals surface area contributed by atoms with Gasteiger partial charge in [0.15, 0.2) is 0 Å². The number of carbonyl (C=O) groups excluding carboxylic acids is 1. The summed E-state index contributed by atoms with van der Waals surface area (Å²) < 4.78 is 1.86. The summed E-state index contributed by atoms with van der Waals surface area (Å²) in [5.74, 6) is -0.223. The molecule has 3 rings (SSSR count). The Balaban J connectivity index is 1.50. The Morgan fingerprint density at radius 2 is 2.00 bits per heavy atom. The molecule has 1 aromatic rings. The van der Waals surface area contributed by atoms with Gasteiger partial charge in [-0.3, -0.25) is 9.59 Å². The fraction of sp³-hybridized carbons (Fsp3) is 0.611. The highest BCUT2D eigenvalue weighted by Crippen LogP contribution is 2.34. The molecule has 7 heteroatoms. The van der Waals surface area contributed by atoms with Gasteiger partial charge in [0.25, 0.3) is 5.56 Å². The number of piperidine rings is 1. The molecule has 25 heavy (non-hydrogen) atoms. The van der Waals surface area contributed by atoms with Crippen LogP contribution < -0.4 is 10.9 Å². The molecule has 7 nitrogen and oxygen atoms in total. The van der Waals surface area contributed by atoms with E-state index in [4.69, 9.17) is 5.11 Å². The van der Waals surface area contributed by atoms with Gasteiger partial charge in [-0.25, -0.2) is 4.79 Å². The predicted octanol–water partition coefficient (Wildman–Crippen LogP) is 1.62. The molecular weight excluding hydrogens is 322 g/mol. The molecule has 0 aromatic carbocycles. The Kier molecular flexibility index (Phi) is 5.40. The number of fused-ring (bicyclic) bond motifs is 4. The van der Waals surface area contributed by atoms with Gasteiger partial charge in [-0.2, -0.15) is 0 Å². The highest BCUT2D eigenvalue weighted by Gasteiger charge is 2.36. The number of amides is 2. The first-order chi connectivity index (χ1) is 12.0. The number of nitrogens with zero attached hydrogens (tertiary/aromatic N) is 2. The number of aliphatic carboxylic acids is 1. The average molecular weight is 347 g/mol. The van der Waals surface area contributed by atoms with Crippen LogP contribution in [-0.4, -0.2) is 46.2 Å². The Labute approximate surface area is 146 Å². The Morgan fingerprint density at radius 1 is 1.16 bits per heavy atom. The lowest BCUT2D eigenvalue weighted by molar-refractivity contribution is -0.137. The monoisotopic (exact) mass is 347 g/mol. The van der Waals surface area contributed by atoms with Crippen LogP contribution >= 0.6 is 0 Å². The normalized spacial score (nSPS) is 21.5. The van der Waals surface area contributed by atoms with E-state index in [0.29, 0.717) is 38.5 Å². The minimum Gasteiger partial charge on any atom is -0.481 e. The Morgan fingerprint density at radius 3 is 2.80 bits per heavy atom. The molecule has 1 aromatic heterocycles. The van der Waals surface area contributed by atoms with Crippen LogP contribution in [0.15, 0.2) is 23.0 Å².